The highest BCUT2D eigenvalue weighted by Crippen LogP contribution is 2.17. The topological polar surface area (TPSA) is 32.3 Å². The summed E-state index contributed by atoms with van der Waals surface area (Å²) in [6, 6.07) is 10.7. The molecule has 0 spiro atoms. The zero-order chi connectivity index (χ0) is 13.9. The summed E-state index contributed by atoms with van der Waals surface area (Å²) in [5, 5.41) is 12.6. The minimum atomic E-state index is 0.312. The third-order valence-electron chi connectivity index (χ3n) is 3.79. The van der Waals surface area contributed by atoms with Gasteiger partial charge >= 0.3 is 0 Å². The molecule has 0 radical (unpaired) electrons. The standard InChI is InChI=1S/C17H29NO/c1-3-7-16(11-13-19)14-18-12-10-15(2)17-8-5-4-6-9-17/h4-6,8-9,15-16,18-19H,3,7,10-14H2,1-2H3. The molecular weight excluding hydrogens is 234 g/mol. The van der Waals surface area contributed by atoms with Gasteiger partial charge in [0.2, 0.25) is 0 Å². The minimum Gasteiger partial charge on any atom is -0.396 e. The van der Waals surface area contributed by atoms with E-state index in [9.17, 15) is 0 Å². The molecule has 0 bridgehead atoms. The molecule has 0 aromatic heterocycles. The predicted molar refractivity (Wildman–Crippen MR) is 82.4 cm³/mol. The molecule has 0 saturated carbocycles. The molecule has 0 aliphatic carbocycles. The van der Waals surface area contributed by atoms with Gasteiger partial charge in [-0.2, -0.15) is 0 Å². The lowest BCUT2D eigenvalue weighted by Crippen LogP contribution is -2.25. The average molecular weight is 263 g/mol. The van der Waals surface area contributed by atoms with Crippen molar-refractivity contribution in [2.24, 2.45) is 5.92 Å². The highest BCUT2D eigenvalue weighted by molar-refractivity contribution is 5.18. The van der Waals surface area contributed by atoms with E-state index in [4.69, 9.17) is 5.11 Å². The average Bonchev–Trinajstić information content (AvgIpc) is 2.44. The molecule has 2 unspecified atom stereocenters. The Balaban J connectivity index is 2.19. The van der Waals surface area contributed by atoms with Crippen LogP contribution in [0.4, 0.5) is 0 Å². The normalized spacial score (nSPS) is 14.3. The zero-order valence-electron chi connectivity index (χ0n) is 12.4. The van der Waals surface area contributed by atoms with E-state index in [0.717, 1.165) is 19.5 Å². The molecule has 1 rings (SSSR count). The summed E-state index contributed by atoms with van der Waals surface area (Å²) in [7, 11) is 0. The van der Waals surface area contributed by atoms with Crippen molar-refractivity contribution >= 4 is 0 Å². The Kier molecular flexibility index (Phi) is 8.52. The van der Waals surface area contributed by atoms with Gasteiger partial charge in [-0.15, -0.1) is 0 Å². The van der Waals surface area contributed by atoms with E-state index in [1.807, 2.05) is 0 Å². The van der Waals surface area contributed by atoms with Gasteiger partial charge in [-0.1, -0.05) is 50.6 Å². The van der Waals surface area contributed by atoms with Crippen molar-refractivity contribution in [1.29, 1.82) is 0 Å². The van der Waals surface area contributed by atoms with Gasteiger partial charge in [0.15, 0.2) is 0 Å². The summed E-state index contributed by atoms with van der Waals surface area (Å²) in [6.45, 7) is 6.90. The van der Waals surface area contributed by atoms with Crippen LogP contribution < -0.4 is 5.32 Å². The second-order valence-electron chi connectivity index (χ2n) is 5.47. The second-order valence-corrected chi connectivity index (χ2v) is 5.47. The SMILES string of the molecule is CCCC(CCO)CNCCC(C)c1ccccc1. The van der Waals surface area contributed by atoms with Crippen LogP contribution in [0.1, 0.15) is 51.0 Å². The van der Waals surface area contributed by atoms with Gasteiger partial charge in [0.25, 0.3) is 0 Å². The molecule has 2 N–H and O–H groups in total. The summed E-state index contributed by atoms with van der Waals surface area (Å²) in [6.07, 6.45) is 4.51. The Bertz CT molecular complexity index is 306. The lowest BCUT2D eigenvalue weighted by molar-refractivity contribution is 0.248. The minimum absolute atomic E-state index is 0.312. The molecule has 19 heavy (non-hydrogen) atoms. The first kappa shape index (κ1) is 16.2. The van der Waals surface area contributed by atoms with Gasteiger partial charge in [-0.3, -0.25) is 0 Å². The molecule has 0 amide bonds. The van der Waals surface area contributed by atoms with E-state index in [1.165, 1.54) is 24.8 Å². The fourth-order valence-electron chi connectivity index (χ4n) is 2.51. The Labute approximate surface area is 118 Å². The Hall–Kier alpha value is -0.860. The molecule has 0 aliphatic rings. The van der Waals surface area contributed by atoms with Crippen LogP contribution in [0.3, 0.4) is 0 Å². The molecular formula is C17H29NO. The second kappa shape index (κ2) is 9.99. The van der Waals surface area contributed by atoms with Gasteiger partial charge in [-0.05, 0) is 49.8 Å². The highest BCUT2D eigenvalue weighted by atomic mass is 16.3. The van der Waals surface area contributed by atoms with E-state index < -0.39 is 0 Å². The molecule has 2 atom stereocenters. The summed E-state index contributed by atoms with van der Waals surface area (Å²) >= 11 is 0. The van der Waals surface area contributed by atoms with Crippen LogP contribution in [0.15, 0.2) is 30.3 Å². The van der Waals surface area contributed by atoms with Crippen LogP contribution in [0.5, 0.6) is 0 Å². The van der Waals surface area contributed by atoms with E-state index in [2.05, 4.69) is 49.5 Å². The van der Waals surface area contributed by atoms with Crippen molar-refractivity contribution in [3.05, 3.63) is 35.9 Å². The van der Waals surface area contributed by atoms with Crippen molar-refractivity contribution in [3.63, 3.8) is 0 Å². The molecule has 1 aromatic carbocycles. The fraction of sp³-hybridized carbons (Fsp3) is 0.647. The third-order valence-corrected chi connectivity index (χ3v) is 3.79. The van der Waals surface area contributed by atoms with Crippen molar-refractivity contribution in [2.75, 3.05) is 19.7 Å². The van der Waals surface area contributed by atoms with E-state index in [-0.39, 0.29) is 0 Å². The monoisotopic (exact) mass is 263 g/mol. The van der Waals surface area contributed by atoms with Gasteiger partial charge in [0.05, 0.1) is 0 Å². The summed E-state index contributed by atoms with van der Waals surface area (Å²) in [4.78, 5) is 0. The summed E-state index contributed by atoms with van der Waals surface area (Å²) < 4.78 is 0. The number of rotatable bonds is 10. The molecule has 0 aliphatic heterocycles. The van der Waals surface area contributed by atoms with Crippen molar-refractivity contribution in [1.82, 2.24) is 5.32 Å². The third kappa shape index (κ3) is 6.74. The number of aliphatic hydroxyl groups excluding tert-OH is 1. The Morgan fingerprint density at radius 3 is 2.47 bits per heavy atom. The quantitative estimate of drug-likeness (QED) is 0.633. The molecule has 0 fully saturated rings. The van der Waals surface area contributed by atoms with Gasteiger partial charge in [0, 0.05) is 6.61 Å². The molecule has 2 heteroatoms. The number of hydrogen-bond donors (Lipinski definition) is 2. The molecule has 2 nitrogen and oxygen atoms in total. The van der Waals surface area contributed by atoms with Gasteiger partial charge < -0.3 is 10.4 Å². The number of hydrogen-bond acceptors (Lipinski definition) is 2. The number of aliphatic hydroxyl groups is 1. The molecule has 108 valence electrons. The van der Waals surface area contributed by atoms with Crippen molar-refractivity contribution in [2.45, 2.75) is 45.4 Å². The van der Waals surface area contributed by atoms with E-state index in [1.54, 1.807) is 0 Å². The van der Waals surface area contributed by atoms with Crippen LogP contribution in [-0.2, 0) is 0 Å². The number of benzene rings is 1. The molecule has 0 saturated heterocycles. The zero-order valence-corrected chi connectivity index (χ0v) is 12.4. The van der Waals surface area contributed by atoms with E-state index in [0.29, 0.717) is 18.4 Å². The first-order valence-corrected chi connectivity index (χ1v) is 7.64. The summed E-state index contributed by atoms with van der Waals surface area (Å²) in [5.41, 5.74) is 1.42. The fourth-order valence-corrected chi connectivity index (χ4v) is 2.51. The van der Waals surface area contributed by atoms with Crippen LogP contribution in [0.2, 0.25) is 0 Å². The highest BCUT2D eigenvalue weighted by Gasteiger charge is 2.08. The van der Waals surface area contributed by atoms with Crippen LogP contribution in [0, 0.1) is 5.92 Å². The lowest BCUT2D eigenvalue weighted by Gasteiger charge is -2.17. The van der Waals surface area contributed by atoms with Crippen molar-refractivity contribution in [3.8, 4) is 0 Å². The number of nitrogens with one attached hydrogen (secondary N) is 1. The smallest absolute Gasteiger partial charge is 0.0434 e. The Morgan fingerprint density at radius 1 is 1.11 bits per heavy atom. The molecule has 0 heterocycles. The maximum Gasteiger partial charge on any atom is 0.0434 e. The van der Waals surface area contributed by atoms with Crippen LogP contribution in [-0.4, -0.2) is 24.8 Å². The predicted octanol–water partition coefficient (Wildman–Crippen LogP) is 3.57. The van der Waals surface area contributed by atoms with Crippen LogP contribution >= 0.6 is 0 Å². The van der Waals surface area contributed by atoms with Crippen molar-refractivity contribution < 1.29 is 5.11 Å². The molecule has 1 aromatic rings. The van der Waals surface area contributed by atoms with Gasteiger partial charge in [-0.25, -0.2) is 0 Å². The first-order chi connectivity index (χ1) is 9.27. The largest absolute Gasteiger partial charge is 0.396 e. The Morgan fingerprint density at radius 2 is 1.84 bits per heavy atom. The van der Waals surface area contributed by atoms with E-state index >= 15 is 0 Å². The van der Waals surface area contributed by atoms with Gasteiger partial charge in [0.1, 0.15) is 0 Å². The maximum absolute atomic E-state index is 9.03. The maximum atomic E-state index is 9.03. The van der Waals surface area contributed by atoms with Crippen LogP contribution in [0.25, 0.3) is 0 Å². The first-order valence-electron chi connectivity index (χ1n) is 7.64. The lowest BCUT2D eigenvalue weighted by atomic mass is 9.97. The summed E-state index contributed by atoms with van der Waals surface area (Å²) in [5.74, 6) is 1.23.